The fourth-order valence-corrected chi connectivity index (χ4v) is 4.17. The Morgan fingerprint density at radius 2 is 1.83 bits per heavy atom. The third-order valence-corrected chi connectivity index (χ3v) is 5.57. The van der Waals surface area contributed by atoms with Crippen molar-refractivity contribution in [3.8, 4) is 12.1 Å². The van der Waals surface area contributed by atoms with Crippen LogP contribution in [0.4, 0.5) is 5.69 Å². The van der Waals surface area contributed by atoms with Gasteiger partial charge < -0.3 is 4.90 Å². The number of nitro groups is 1. The Hall–Kier alpha value is -3.64. The standard InChI is InChI=1S/C23H22N4O2/c1-26(2)19-10-7-17(8-11-19)22(15-27(28)29)21-12-9-16-5-3-4-6-20(16)23(21)18(13-24)14-25/h3-8,10-11,21-22H,9,12,15H2,1-2H3/t21-,22-/m0/s1. The van der Waals surface area contributed by atoms with Gasteiger partial charge in [0.05, 0.1) is 5.92 Å². The lowest BCUT2D eigenvalue weighted by molar-refractivity contribution is -0.484. The molecule has 0 fully saturated rings. The minimum Gasteiger partial charge on any atom is -0.378 e. The first-order valence-electron chi connectivity index (χ1n) is 9.48. The minimum absolute atomic E-state index is 0.0420. The zero-order valence-electron chi connectivity index (χ0n) is 16.5. The van der Waals surface area contributed by atoms with E-state index in [1.54, 1.807) is 0 Å². The summed E-state index contributed by atoms with van der Waals surface area (Å²) < 4.78 is 0. The molecule has 0 spiro atoms. The molecule has 0 bridgehead atoms. The second-order valence-corrected chi connectivity index (χ2v) is 7.42. The van der Waals surface area contributed by atoms with Gasteiger partial charge in [0.2, 0.25) is 6.54 Å². The highest BCUT2D eigenvalue weighted by Crippen LogP contribution is 2.45. The SMILES string of the molecule is CN(C)c1ccc([C@H](C[N+](=O)[O-])[C@@H]2CCc3ccccc3C2=C(C#N)C#N)cc1. The summed E-state index contributed by atoms with van der Waals surface area (Å²) in [5.41, 5.74) is 4.47. The topological polar surface area (TPSA) is 94.0 Å². The lowest BCUT2D eigenvalue weighted by atomic mass is 9.70. The fourth-order valence-electron chi connectivity index (χ4n) is 4.17. The van der Waals surface area contributed by atoms with Crippen LogP contribution in [0, 0.1) is 38.7 Å². The number of benzene rings is 2. The van der Waals surface area contributed by atoms with Crippen LogP contribution < -0.4 is 4.90 Å². The van der Waals surface area contributed by atoms with E-state index < -0.39 is 5.92 Å². The van der Waals surface area contributed by atoms with E-state index in [0.29, 0.717) is 12.0 Å². The van der Waals surface area contributed by atoms with Gasteiger partial charge in [-0.05, 0) is 53.2 Å². The first-order chi connectivity index (χ1) is 14.0. The van der Waals surface area contributed by atoms with Gasteiger partial charge in [-0.15, -0.1) is 0 Å². The molecular weight excluding hydrogens is 364 g/mol. The Morgan fingerprint density at radius 1 is 1.17 bits per heavy atom. The molecule has 29 heavy (non-hydrogen) atoms. The summed E-state index contributed by atoms with van der Waals surface area (Å²) in [6.07, 6.45) is 1.42. The summed E-state index contributed by atoms with van der Waals surface area (Å²) in [5, 5.41) is 30.7. The van der Waals surface area contributed by atoms with Crippen molar-refractivity contribution < 1.29 is 4.92 Å². The van der Waals surface area contributed by atoms with E-state index >= 15 is 0 Å². The molecule has 0 aliphatic heterocycles. The maximum Gasteiger partial charge on any atom is 0.211 e. The number of aryl methyl sites for hydroxylation is 1. The van der Waals surface area contributed by atoms with Crippen LogP contribution in [0.3, 0.4) is 0 Å². The van der Waals surface area contributed by atoms with Crippen LogP contribution in [-0.2, 0) is 6.42 Å². The number of fused-ring (bicyclic) bond motifs is 1. The normalized spacial score (nSPS) is 16.1. The van der Waals surface area contributed by atoms with Crippen molar-refractivity contribution in [2.75, 3.05) is 25.5 Å². The van der Waals surface area contributed by atoms with Crippen molar-refractivity contribution in [2.45, 2.75) is 18.8 Å². The van der Waals surface area contributed by atoms with Crippen molar-refractivity contribution in [3.05, 3.63) is 80.9 Å². The summed E-state index contributed by atoms with van der Waals surface area (Å²) in [7, 11) is 3.88. The van der Waals surface area contributed by atoms with Gasteiger partial charge >= 0.3 is 0 Å². The molecule has 2 aromatic carbocycles. The van der Waals surface area contributed by atoms with E-state index in [0.717, 1.165) is 28.8 Å². The highest BCUT2D eigenvalue weighted by molar-refractivity contribution is 5.80. The predicted molar refractivity (Wildman–Crippen MR) is 112 cm³/mol. The second-order valence-electron chi connectivity index (χ2n) is 7.42. The lowest BCUT2D eigenvalue weighted by Crippen LogP contribution is -2.26. The predicted octanol–water partition coefficient (Wildman–Crippen LogP) is 4.18. The summed E-state index contributed by atoms with van der Waals surface area (Å²) in [6.45, 7) is -0.248. The maximum absolute atomic E-state index is 11.5. The summed E-state index contributed by atoms with van der Waals surface area (Å²) in [4.78, 5) is 13.2. The molecule has 0 unspecified atom stereocenters. The molecule has 0 N–H and O–H groups in total. The number of rotatable bonds is 5. The van der Waals surface area contributed by atoms with Gasteiger partial charge in [0.15, 0.2) is 0 Å². The van der Waals surface area contributed by atoms with Crippen molar-refractivity contribution in [1.29, 1.82) is 10.5 Å². The third kappa shape index (κ3) is 4.12. The molecule has 0 amide bonds. The molecule has 1 aliphatic carbocycles. The highest BCUT2D eigenvalue weighted by Gasteiger charge is 2.36. The quantitative estimate of drug-likeness (QED) is 0.436. The second kappa shape index (κ2) is 8.58. The van der Waals surface area contributed by atoms with Gasteiger partial charge in [-0.2, -0.15) is 10.5 Å². The van der Waals surface area contributed by atoms with E-state index in [2.05, 4.69) is 0 Å². The van der Waals surface area contributed by atoms with Crippen molar-refractivity contribution in [1.82, 2.24) is 0 Å². The lowest BCUT2D eigenvalue weighted by Gasteiger charge is -2.33. The molecule has 2 aromatic rings. The van der Waals surface area contributed by atoms with Crippen LogP contribution in [0.15, 0.2) is 54.1 Å². The molecule has 2 atom stereocenters. The number of allylic oxidation sites excluding steroid dienone is 2. The van der Waals surface area contributed by atoms with Crippen LogP contribution in [0.25, 0.3) is 5.57 Å². The number of anilines is 1. The average molecular weight is 386 g/mol. The zero-order chi connectivity index (χ0) is 21.0. The van der Waals surface area contributed by atoms with Crippen LogP contribution in [0.5, 0.6) is 0 Å². The smallest absolute Gasteiger partial charge is 0.211 e. The fraction of sp³-hybridized carbons (Fsp3) is 0.304. The van der Waals surface area contributed by atoms with Gasteiger partial charge in [-0.1, -0.05) is 36.4 Å². The van der Waals surface area contributed by atoms with Gasteiger partial charge in [0, 0.05) is 24.7 Å². The largest absolute Gasteiger partial charge is 0.378 e. The molecule has 146 valence electrons. The Labute approximate surface area is 170 Å². The Morgan fingerprint density at radius 3 is 2.41 bits per heavy atom. The average Bonchev–Trinajstić information content (AvgIpc) is 2.73. The summed E-state index contributed by atoms with van der Waals surface area (Å²) in [5.74, 6) is -0.684. The third-order valence-electron chi connectivity index (χ3n) is 5.57. The summed E-state index contributed by atoms with van der Waals surface area (Å²) in [6, 6.07) is 19.5. The van der Waals surface area contributed by atoms with Crippen LogP contribution in [0.1, 0.15) is 29.0 Å². The number of hydrogen-bond acceptors (Lipinski definition) is 5. The first kappa shape index (κ1) is 20.1. The zero-order valence-corrected chi connectivity index (χ0v) is 16.5. The molecule has 3 rings (SSSR count). The molecule has 0 aromatic heterocycles. The Balaban J connectivity index is 2.14. The molecule has 1 aliphatic rings. The Bertz CT molecular complexity index is 1010. The van der Waals surface area contributed by atoms with Gasteiger partial charge in [-0.3, -0.25) is 10.1 Å². The van der Waals surface area contributed by atoms with E-state index in [1.807, 2.05) is 79.7 Å². The van der Waals surface area contributed by atoms with Gasteiger partial charge in [0.25, 0.3) is 0 Å². The Kier molecular flexibility index (Phi) is 5.95. The highest BCUT2D eigenvalue weighted by atomic mass is 16.6. The number of hydrogen-bond donors (Lipinski definition) is 0. The molecule has 0 heterocycles. The van der Waals surface area contributed by atoms with Gasteiger partial charge in [-0.25, -0.2) is 0 Å². The van der Waals surface area contributed by atoms with Crippen molar-refractivity contribution >= 4 is 11.3 Å². The van der Waals surface area contributed by atoms with E-state index in [1.165, 1.54) is 0 Å². The van der Waals surface area contributed by atoms with Crippen LogP contribution >= 0.6 is 0 Å². The van der Waals surface area contributed by atoms with Crippen molar-refractivity contribution in [2.24, 2.45) is 5.92 Å². The molecule has 6 heteroatoms. The van der Waals surface area contributed by atoms with E-state index in [-0.39, 0.29) is 23.0 Å². The molecular formula is C23H22N4O2. The maximum atomic E-state index is 11.5. The number of nitriles is 2. The van der Waals surface area contributed by atoms with E-state index in [4.69, 9.17) is 0 Å². The minimum atomic E-state index is -0.415. The molecule has 0 saturated heterocycles. The van der Waals surface area contributed by atoms with Gasteiger partial charge in [0.1, 0.15) is 17.7 Å². The summed E-state index contributed by atoms with van der Waals surface area (Å²) >= 11 is 0. The molecule has 0 saturated carbocycles. The van der Waals surface area contributed by atoms with Crippen LogP contribution in [-0.4, -0.2) is 25.6 Å². The molecule has 6 nitrogen and oxygen atoms in total. The number of nitrogens with zero attached hydrogens (tertiary/aromatic N) is 4. The first-order valence-corrected chi connectivity index (χ1v) is 9.48. The van der Waals surface area contributed by atoms with Crippen molar-refractivity contribution in [3.63, 3.8) is 0 Å². The van der Waals surface area contributed by atoms with Crippen LogP contribution in [0.2, 0.25) is 0 Å². The monoisotopic (exact) mass is 386 g/mol. The van der Waals surface area contributed by atoms with E-state index in [9.17, 15) is 20.6 Å². The molecule has 0 radical (unpaired) electrons.